The van der Waals surface area contributed by atoms with E-state index in [1.54, 1.807) is 26.4 Å². The van der Waals surface area contributed by atoms with Crippen LogP contribution in [0.1, 0.15) is 43.7 Å². The summed E-state index contributed by atoms with van der Waals surface area (Å²) in [5, 5.41) is 9.91. The van der Waals surface area contributed by atoms with Crippen LogP contribution in [0.3, 0.4) is 0 Å². The van der Waals surface area contributed by atoms with Gasteiger partial charge in [0.1, 0.15) is 6.04 Å². The molecule has 0 spiro atoms. The number of ether oxygens (including phenoxy) is 2. The topological polar surface area (TPSA) is 62.2 Å². The average molecular weight is 362 g/mol. The standard InChI is InChI=1S/C20H30N2O4/c1-25-17-9-8-15(14-18(17)26-2)19(20(23)24)22-11-5-10-21(12-13-22)16-6-3-4-7-16/h8-9,14,16,19H,3-7,10-13H2,1-2H3,(H,23,24). The summed E-state index contributed by atoms with van der Waals surface area (Å²) >= 11 is 0. The minimum Gasteiger partial charge on any atom is -0.493 e. The molecular formula is C20H30N2O4. The summed E-state index contributed by atoms with van der Waals surface area (Å²) in [4.78, 5) is 16.7. The molecule has 1 saturated heterocycles. The minimum atomic E-state index is -0.813. The summed E-state index contributed by atoms with van der Waals surface area (Å²) in [6, 6.07) is 5.45. The Balaban J connectivity index is 1.76. The zero-order valence-corrected chi connectivity index (χ0v) is 15.8. The predicted octanol–water partition coefficient (Wildman–Crippen LogP) is 2.78. The third kappa shape index (κ3) is 4.13. The third-order valence-corrected chi connectivity index (χ3v) is 5.73. The first-order valence-corrected chi connectivity index (χ1v) is 9.57. The van der Waals surface area contributed by atoms with Crippen molar-refractivity contribution in [2.45, 2.75) is 44.2 Å². The van der Waals surface area contributed by atoms with Crippen molar-refractivity contribution in [1.29, 1.82) is 0 Å². The molecule has 6 nitrogen and oxygen atoms in total. The molecule has 1 aromatic carbocycles. The molecule has 0 amide bonds. The maximum absolute atomic E-state index is 12.1. The fourth-order valence-corrected chi connectivity index (χ4v) is 4.38. The number of rotatable bonds is 6. The van der Waals surface area contributed by atoms with Crippen molar-refractivity contribution in [3.63, 3.8) is 0 Å². The number of carboxylic acid groups (broad SMARTS) is 1. The molecule has 6 heteroatoms. The Labute approximate surface area is 155 Å². The van der Waals surface area contributed by atoms with Gasteiger partial charge in [-0.05, 0) is 43.5 Å². The molecule has 1 N–H and O–H groups in total. The molecule has 0 radical (unpaired) electrons. The van der Waals surface area contributed by atoms with Gasteiger partial charge in [0.15, 0.2) is 11.5 Å². The van der Waals surface area contributed by atoms with Crippen molar-refractivity contribution in [3.8, 4) is 11.5 Å². The van der Waals surface area contributed by atoms with Crippen molar-refractivity contribution >= 4 is 5.97 Å². The maximum atomic E-state index is 12.1. The Hall–Kier alpha value is -1.79. The van der Waals surface area contributed by atoms with Crippen LogP contribution in [0.15, 0.2) is 18.2 Å². The number of carbonyl (C=O) groups is 1. The summed E-state index contributed by atoms with van der Waals surface area (Å²) in [6.07, 6.45) is 6.24. The highest BCUT2D eigenvalue weighted by atomic mass is 16.5. The Morgan fingerprint density at radius 2 is 1.77 bits per heavy atom. The number of carboxylic acids is 1. The lowest BCUT2D eigenvalue weighted by Crippen LogP contribution is -2.39. The van der Waals surface area contributed by atoms with Crippen molar-refractivity contribution in [2.75, 3.05) is 40.4 Å². The molecule has 1 unspecified atom stereocenters. The van der Waals surface area contributed by atoms with Crippen LogP contribution in [-0.2, 0) is 4.79 Å². The van der Waals surface area contributed by atoms with Crippen LogP contribution in [0.25, 0.3) is 0 Å². The van der Waals surface area contributed by atoms with Crippen LogP contribution < -0.4 is 9.47 Å². The quantitative estimate of drug-likeness (QED) is 0.840. The van der Waals surface area contributed by atoms with Crippen molar-refractivity contribution in [2.24, 2.45) is 0 Å². The van der Waals surface area contributed by atoms with E-state index in [1.807, 2.05) is 6.07 Å². The average Bonchev–Trinajstić information content (AvgIpc) is 3.08. The van der Waals surface area contributed by atoms with Crippen LogP contribution in [0.4, 0.5) is 0 Å². The number of aliphatic carboxylic acids is 1. The van der Waals surface area contributed by atoms with Gasteiger partial charge in [0.25, 0.3) is 0 Å². The lowest BCUT2D eigenvalue weighted by molar-refractivity contribution is -0.143. The zero-order chi connectivity index (χ0) is 18.5. The van der Waals surface area contributed by atoms with Gasteiger partial charge < -0.3 is 14.6 Å². The number of hydrogen-bond acceptors (Lipinski definition) is 5. The Kier molecular flexibility index (Phi) is 6.38. The van der Waals surface area contributed by atoms with E-state index in [0.717, 1.165) is 38.2 Å². The van der Waals surface area contributed by atoms with Gasteiger partial charge in [-0.15, -0.1) is 0 Å². The van der Waals surface area contributed by atoms with Crippen molar-refractivity contribution in [1.82, 2.24) is 9.80 Å². The monoisotopic (exact) mass is 362 g/mol. The van der Waals surface area contributed by atoms with Gasteiger partial charge in [0.2, 0.25) is 0 Å². The van der Waals surface area contributed by atoms with Crippen LogP contribution in [0.5, 0.6) is 11.5 Å². The minimum absolute atomic E-state index is 0.568. The van der Waals surface area contributed by atoms with E-state index in [0.29, 0.717) is 17.5 Å². The molecule has 1 aliphatic carbocycles. The third-order valence-electron chi connectivity index (χ3n) is 5.73. The highest BCUT2D eigenvalue weighted by Crippen LogP contribution is 2.33. The summed E-state index contributed by atoms with van der Waals surface area (Å²) in [5.41, 5.74) is 0.740. The zero-order valence-electron chi connectivity index (χ0n) is 15.8. The van der Waals surface area contributed by atoms with Crippen LogP contribution in [-0.4, -0.2) is 67.3 Å². The Morgan fingerprint density at radius 1 is 1.04 bits per heavy atom. The number of hydrogen-bond donors (Lipinski definition) is 1. The normalized spacial score (nSPS) is 21.3. The summed E-state index contributed by atoms with van der Waals surface area (Å²) in [7, 11) is 3.15. The van der Waals surface area contributed by atoms with Gasteiger partial charge in [-0.2, -0.15) is 0 Å². The van der Waals surface area contributed by atoms with Crippen LogP contribution >= 0.6 is 0 Å². The predicted molar refractivity (Wildman–Crippen MR) is 99.9 cm³/mol. The highest BCUT2D eigenvalue weighted by Gasteiger charge is 2.31. The number of methoxy groups -OCH3 is 2. The molecule has 3 rings (SSSR count). The molecule has 26 heavy (non-hydrogen) atoms. The largest absolute Gasteiger partial charge is 0.493 e. The van der Waals surface area contributed by atoms with Gasteiger partial charge in [0.05, 0.1) is 14.2 Å². The van der Waals surface area contributed by atoms with E-state index >= 15 is 0 Å². The van der Waals surface area contributed by atoms with Gasteiger partial charge in [-0.25, -0.2) is 0 Å². The van der Waals surface area contributed by atoms with E-state index in [9.17, 15) is 9.90 Å². The Morgan fingerprint density at radius 3 is 2.42 bits per heavy atom. The van der Waals surface area contributed by atoms with E-state index in [4.69, 9.17) is 9.47 Å². The molecule has 1 aliphatic heterocycles. The van der Waals surface area contributed by atoms with Crippen LogP contribution in [0, 0.1) is 0 Å². The van der Waals surface area contributed by atoms with E-state index in [-0.39, 0.29) is 0 Å². The number of nitrogens with zero attached hydrogens (tertiary/aromatic N) is 2. The lowest BCUT2D eigenvalue weighted by Gasteiger charge is -2.29. The van der Waals surface area contributed by atoms with Crippen molar-refractivity contribution < 1.29 is 19.4 Å². The fraction of sp³-hybridized carbons (Fsp3) is 0.650. The van der Waals surface area contributed by atoms with Gasteiger partial charge in [-0.3, -0.25) is 14.6 Å². The second kappa shape index (κ2) is 8.73. The van der Waals surface area contributed by atoms with Gasteiger partial charge in [-0.1, -0.05) is 18.9 Å². The SMILES string of the molecule is COc1ccc(C(C(=O)O)N2CCCN(C3CCCC3)CC2)cc1OC. The second-order valence-corrected chi connectivity index (χ2v) is 7.22. The molecular weight excluding hydrogens is 332 g/mol. The molecule has 1 saturated carbocycles. The van der Waals surface area contributed by atoms with Crippen molar-refractivity contribution in [3.05, 3.63) is 23.8 Å². The van der Waals surface area contributed by atoms with E-state index in [2.05, 4.69) is 9.80 Å². The molecule has 0 bridgehead atoms. The summed E-state index contributed by atoms with van der Waals surface area (Å²) < 4.78 is 10.6. The van der Waals surface area contributed by atoms with Crippen LogP contribution in [0.2, 0.25) is 0 Å². The summed E-state index contributed by atoms with van der Waals surface area (Å²) in [5.74, 6) is 0.369. The molecule has 1 atom stereocenters. The molecule has 0 aromatic heterocycles. The summed E-state index contributed by atoms with van der Waals surface area (Å²) in [6.45, 7) is 3.59. The highest BCUT2D eigenvalue weighted by molar-refractivity contribution is 5.76. The lowest BCUT2D eigenvalue weighted by atomic mass is 10.0. The van der Waals surface area contributed by atoms with E-state index < -0.39 is 12.0 Å². The fourth-order valence-electron chi connectivity index (χ4n) is 4.38. The molecule has 1 aromatic rings. The molecule has 2 aliphatic rings. The molecule has 2 fully saturated rings. The first-order chi connectivity index (χ1) is 12.6. The molecule has 144 valence electrons. The van der Waals surface area contributed by atoms with Gasteiger partial charge in [0, 0.05) is 25.7 Å². The maximum Gasteiger partial charge on any atom is 0.325 e. The number of benzene rings is 1. The smallest absolute Gasteiger partial charge is 0.325 e. The molecule has 1 heterocycles. The van der Waals surface area contributed by atoms with Gasteiger partial charge >= 0.3 is 5.97 Å². The first-order valence-electron chi connectivity index (χ1n) is 9.57. The second-order valence-electron chi connectivity index (χ2n) is 7.22. The Bertz CT molecular complexity index is 616. The first kappa shape index (κ1) is 19.0. The van der Waals surface area contributed by atoms with E-state index in [1.165, 1.54) is 25.7 Å².